The molecule has 0 fully saturated rings. The lowest BCUT2D eigenvalue weighted by atomic mass is 10.3. The first kappa shape index (κ1) is 9.85. The molecule has 6 heteroatoms. The van der Waals surface area contributed by atoms with E-state index in [4.69, 9.17) is 0 Å². The highest BCUT2D eigenvalue weighted by atomic mass is 16.2. The predicted octanol–water partition coefficient (Wildman–Crippen LogP) is -0.501. The fraction of sp³-hybridized carbons (Fsp3) is 0.444. The predicted molar refractivity (Wildman–Crippen MR) is 55.8 cm³/mol. The summed E-state index contributed by atoms with van der Waals surface area (Å²) in [6, 6.07) is 0.209. The average Bonchev–Trinajstić information content (AvgIpc) is 2.57. The van der Waals surface area contributed by atoms with E-state index in [1.807, 2.05) is 14.0 Å². The number of hydrogen-bond donors (Lipinski definition) is 1. The minimum atomic E-state index is -0.130. The van der Waals surface area contributed by atoms with Crippen LogP contribution in [0.3, 0.4) is 0 Å². The molecule has 2 heterocycles. The summed E-state index contributed by atoms with van der Waals surface area (Å²) in [6.45, 7) is 2.55. The van der Waals surface area contributed by atoms with Crippen LogP contribution in [0.15, 0.2) is 23.4 Å². The van der Waals surface area contributed by atoms with Gasteiger partial charge in [0.15, 0.2) is 5.65 Å². The summed E-state index contributed by atoms with van der Waals surface area (Å²) < 4.78 is 2.92. The molecular weight excluding hydrogens is 194 g/mol. The maximum Gasteiger partial charge on any atom is 0.350 e. The van der Waals surface area contributed by atoms with Crippen molar-refractivity contribution in [2.75, 3.05) is 7.05 Å². The minimum absolute atomic E-state index is 0.130. The van der Waals surface area contributed by atoms with Gasteiger partial charge in [0.1, 0.15) is 0 Å². The van der Waals surface area contributed by atoms with Crippen molar-refractivity contribution in [2.24, 2.45) is 0 Å². The smallest absolute Gasteiger partial charge is 0.315 e. The second-order valence-corrected chi connectivity index (χ2v) is 3.46. The van der Waals surface area contributed by atoms with Crippen molar-refractivity contribution in [3.8, 4) is 0 Å². The van der Waals surface area contributed by atoms with E-state index < -0.39 is 0 Å². The molecule has 2 aromatic heterocycles. The molecule has 0 amide bonds. The molecule has 0 aromatic carbocycles. The van der Waals surface area contributed by atoms with Crippen molar-refractivity contribution in [1.29, 1.82) is 0 Å². The van der Waals surface area contributed by atoms with Gasteiger partial charge in [-0.25, -0.2) is 13.9 Å². The Bertz CT molecular complexity index is 514. The van der Waals surface area contributed by atoms with Gasteiger partial charge in [0.05, 0.1) is 12.7 Å². The molecule has 2 rings (SSSR count). The van der Waals surface area contributed by atoms with Crippen LogP contribution >= 0.6 is 0 Å². The molecule has 0 bridgehead atoms. The van der Waals surface area contributed by atoms with Gasteiger partial charge in [-0.2, -0.15) is 0 Å². The lowest BCUT2D eigenvalue weighted by Crippen LogP contribution is -2.32. The highest BCUT2D eigenvalue weighted by Gasteiger charge is 2.08. The normalized spacial score (nSPS) is 13.2. The minimum Gasteiger partial charge on any atom is -0.315 e. The van der Waals surface area contributed by atoms with Crippen molar-refractivity contribution in [3.63, 3.8) is 0 Å². The molecule has 6 nitrogen and oxygen atoms in total. The van der Waals surface area contributed by atoms with Gasteiger partial charge < -0.3 is 5.32 Å². The number of aromatic nitrogens is 4. The van der Waals surface area contributed by atoms with Gasteiger partial charge in [0.2, 0.25) is 0 Å². The highest BCUT2D eigenvalue weighted by molar-refractivity contribution is 5.31. The standard InChI is InChI=1S/C9H13N5O/c1-7(10-2)6-14-9(15)13-4-3-11-5-8(13)12-14/h3-5,7,10H,6H2,1-2H3. The van der Waals surface area contributed by atoms with E-state index >= 15 is 0 Å². The molecule has 0 saturated carbocycles. The quantitative estimate of drug-likeness (QED) is 0.737. The topological polar surface area (TPSA) is 64.2 Å². The highest BCUT2D eigenvalue weighted by Crippen LogP contribution is 1.93. The average molecular weight is 207 g/mol. The Kier molecular flexibility index (Phi) is 2.51. The van der Waals surface area contributed by atoms with Crippen LogP contribution in [0.2, 0.25) is 0 Å². The van der Waals surface area contributed by atoms with Crippen molar-refractivity contribution in [1.82, 2.24) is 24.5 Å². The SMILES string of the molecule is CNC(C)Cn1nc2cnccn2c1=O. The van der Waals surface area contributed by atoms with Crippen LogP contribution in [0, 0.1) is 0 Å². The summed E-state index contributed by atoms with van der Waals surface area (Å²) in [5.41, 5.74) is 0.445. The zero-order valence-electron chi connectivity index (χ0n) is 8.71. The molecule has 2 aromatic rings. The largest absolute Gasteiger partial charge is 0.350 e. The molecule has 15 heavy (non-hydrogen) atoms. The van der Waals surface area contributed by atoms with Gasteiger partial charge in [0.25, 0.3) is 0 Å². The third kappa shape index (κ3) is 1.75. The maximum absolute atomic E-state index is 11.8. The zero-order valence-corrected chi connectivity index (χ0v) is 8.71. The molecule has 80 valence electrons. The van der Waals surface area contributed by atoms with Crippen LogP contribution in [0.1, 0.15) is 6.92 Å². The van der Waals surface area contributed by atoms with Crippen molar-refractivity contribution >= 4 is 5.65 Å². The summed E-state index contributed by atoms with van der Waals surface area (Å²) in [5.74, 6) is 0. The second kappa shape index (κ2) is 3.82. The van der Waals surface area contributed by atoms with Gasteiger partial charge in [-0.3, -0.25) is 4.98 Å². The van der Waals surface area contributed by atoms with E-state index in [0.29, 0.717) is 12.2 Å². The van der Waals surface area contributed by atoms with Crippen LogP contribution in [0.4, 0.5) is 0 Å². The van der Waals surface area contributed by atoms with Gasteiger partial charge >= 0.3 is 5.69 Å². The number of fused-ring (bicyclic) bond motifs is 1. The van der Waals surface area contributed by atoms with Crippen molar-refractivity contribution < 1.29 is 0 Å². The monoisotopic (exact) mass is 207 g/mol. The molecule has 0 aliphatic carbocycles. The van der Waals surface area contributed by atoms with Crippen molar-refractivity contribution in [2.45, 2.75) is 19.5 Å². The summed E-state index contributed by atoms with van der Waals surface area (Å²) >= 11 is 0. The van der Waals surface area contributed by atoms with E-state index in [2.05, 4.69) is 15.4 Å². The molecule has 0 aliphatic rings. The number of likely N-dealkylation sites (N-methyl/N-ethyl adjacent to an activating group) is 1. The molecule has 1 N–H and O–H groups in total. The van der Waals surface area contributed by atoms with E-state index in [0.717, 1.165) is 0 Å². The molecule has 0 spiro atoms. The molecular formula is C9H13N5O. The molecule has 0 aliphatic heterocycles. The van der Waals surface area contributed by atoms with Gasteiger partial charge in [-0.1, -0.05) is 0 Å². The lowest BCUT2D eigenvalue weighted by molar-refractivity contribution is 0.471. The van der Waals surface area contributed by atoms with Gasteiger partial charge in [-0.05, 0) is 14.0 Å². The second-order valence-electron chi connectivity index (χ2n) is 3.46. The molecule has 0 saturated heterocycles. The third-order valence-electron chi connectivity index (χ3n) is 2.33. The van der Waals surface area contributed by atoms with E-state index in [-0.39, 0.29) is 11.7 Å². The summed E-state index contributed by atoms with van der Waals surface area (Å²) in [6.07, 6.45) is 4.76. The Balaban J connectivity index is 2.45. The summed E-state index contributed by atoms with van der Waals surface area (Å²) in [7, 11) is 1.85. The first-order valence-electron chi connectivity index (χ1n) is 4.79. The van der Waals surface area contributed by atoms with E-state index in [1.54, 1.807) is 18.6 Å². The van der Waals surface area contributed by atoms with E-state index in [9.17, 15) is 4.79 Å². The van der Waals surface area contributed by atoms with Gasteiger partial charge in [-0.15, -0.1) is 5.10 Å². The Labute approximate surface area is 86.6 Å². The van der Waals surface area contributed by atoms with Crippen LogP contribution < -0.4 is 11.0 Å². The fourth-order valence-electron chi connectivity index (χ4n) is 1.35. The Hall–Kier alpha value is -1.69. The fourth-order valence-corrected chi connectivity index (χ4v) is 1.35. The lowest BCUT2D eigenvalue weighted by Gasteiger charge is -2.07. The maximum atomic E-state index is 11.8. The van der Waals surface area contributed by atoms with Crippen LogP contribution in [-0.4, -0.2) is 32.3 Å². The number of hydrogen-bond acceptors (Lipinski definition) is 4. The zero-order chi connectivity index (χ0) is 10.8. The number of nitrogens with zero attached hydrogens (tertiary/aromatic N) is 4. The number of rotatable bonds is 3. The van der Waals surface area contributed by atoms with Gasteiger partial charge in [0, 0.05) is 18.4 Å². The molecule has 1 atom stereocenters. The van der Waals surface area contributed by atoms with E-state index in [1.165, 1.54) is 9.08 Å². The Morgan fingerprint density at radius 1 is 1.60 bits per heavy atom. The summed E-state index contributed by atoms with van der Waals surface area (Å²) in [4.78, 5) is 15.7. The van der Waals surface area contributed by atoms with Crippen molar-refractivity contribution in [3.05, 3.63) is 29.1 Å². The van der Waals surface area contributed by atoms with Crippen LogP contribution in [-0.2, 0) is 6.54 Å². The number of nitrogens with one attached hydrogen (secondary N) is 1. The van der Waals surface area contributed by atoms with Crippen LogP contribution in [0.25, 0.3) is 5.65 Å². The molecule has 0 radical (unpaired) electrons. The first-order chi connectivity index (χ1) is 7.22. The first-order valence-corrected chi connectivity index (χ1v) is 4.79. The Morgan fingerprint density at radius 2 is 2.40 bits per heavy atom. The summed E-state index contributed by atoms with van der Waals surface area (Å²) in [5, 5.41) is 7.23. The Morgan fingerprint density at radius 3 is 3.07 bits per heavy atom. The molecule has 1 unspecified atom stereocenters. The van der Waals surface area contributed by atoms with Crippen LogP contribution in [0.5, 0.6) is 0 Å². The third-order valence-corrected chi connectivity index (χ3v) is 2.33.